The molecular weight excluding hydrogens is 294 g/mol. The maximum Gasteiger partial charge on any atom is 0.229 e. The summed E-state index contributed by atoms with van der Waals surface area (Å²) in [6.07, 6.45) is 1.74. The molecule has 1 unspecified atom stereocenters. The van der Waals surface area contributed by atoms with Crippen LogP contribution < -0.4 is 5.32 Å². The van der Waals surface area contributed by atoms with Crippen LogP contribution in [0, 0.1) is 17.2 Å². The fourth-order valence-corrected chi connectivity index (χ4v) is 2.60. The highest BCUT2D eigenvalue weighted by Gasteiger charge is 2.34. The van der Waals surface area contributed by atoms with E-state index in [1.165, 1.54) is 0 Å². The highest BCUT2D eigenvalue weighted by Crippen LogP contribution is 2.22. The Morgan fingerprint density at radius 3 is 3.00 bits per heavy atom. The summed E-state index contributed by atoms with van der Waals surface area (Å²) in [7, 11) is 0. The average Bonchev–Trinajstić information content (AvgIpc) is 3.18. The number of anilines is 1. The average molecular weight is 309 g/mol. The number of benzene rings is 1. The van der Waals surface area contributed by atoms with Crippen molar-refractivity contribution in [2.24, 2.45) is 5.92 Å². The first-order valence-electron chi connectivity index (χ1n) is 7.27. The SMILES string of the molecule is N#Cc1cccc(NC(=O)C2CC(=O)N(Cc3ccco3)C2)c1. The van der Waals surface area contributed by atoms with Crippen LogP contribution >= 0.6 is 0 Å². The Hall–Kier alpha value is -3.07. The Morgan fingerprint density at radius 1 is 1.39 bits per heavy atom. The molecule has 0 spiro atoms. The van der Waals surface area contributed by atoms with Crippen LogP contribution in [0.1, 0.15) is 17.7 Å². The minimum absolute atomic E-state index is 0.0627. The molecule has 1 atom stereocenters. The van der Waals surface area contributed by atoms with Gasteiger partial charge >= 0.3 is 0 Å². The van der Waals surface area contributed by atoms with Crippen LogP contribution in [-0.4, -0.2) is 23.3 Å². The van der Waals surface area contributed by atoms with Crippen molar-refractivity contribution in [3.63, 3.8) is 0 Å². The van der Waals surface area contributed by atoms with Crippen molar-refractivity contribution in [1.29, 1.82) is 5.26 Å². The van der Waals surface area contributed by atoms with Crippen LogP contribution in [0.15, 0.2) is 47.1 Å². The van der Waals surface area contributed by atoms with Gasteiger partial charge < -0.3 is 14.6 Å². The number of furan rings is 1. The molecule has 2 aromatic rings. The van der Waals surface area contributed by atoms with Gasteiger partial charge in [0, 0.05) is 18.7 Å². The van der Waals surface area contributed by atoms with Crippen molar-refractivity contribution in [2.75, 3.05) is 11.9 Å². The molecule has 3 rings (SSSR count). The topological polar surface area (TPSA) is 86.3 Å². The first-order chi connectivity index (χ1) is 11.2. The summed E-state index contributed by atoms with van der Waals surface area (Å²) in [5.41, 5.74) is 1.04. The highest BCUT2D eigenvalue weighted by atomic mass is 16.3. The quantitative estimate of drug-likeness (QED) is 0.937. The molecule has 116 valence electrons. The van der Waals surface area contributed by atoms with Crippen LogP contribution in [0.2, 0.25) is 0 Å². The summed E-state index contributed by atoms with van der Waals surface area (Å²) in [5.74, 6) is 0.0204. The Bertz CT molecular complexity index is 762. The monoisotopic (exact) mass is 309 g/mol. The lowest BCUT2D eigenvalue weighted by Crippen LogP contribution is -2.27. The molecule has 1 aliphatic rings. The van der Waals surface area contributed by atoms with Gasteiger partial charge in [0.1, 0.15) is 5.76 Å². The Labute approximate surface area is 133 Å². The second kappa shape index (κ2) is 6.36. The Morgan fingerprint density at radius 2 is 2.26 bits per heavy atom. The number of rotatable bonds is 4. The number of nitriles is 1. The van der Waals surface area contributed by atoms with E-state index in [-0.39, 0.29) is 18.2 Å². The van der Waals surface area contributed by atoms with Crippen molar-refractivity contribution in [1.82, 2.24) is 4.90 Å². The summed E-state index contributed by atoms with van der Waals surface area (Å²) < 4.78 is 5.24. The van der Waals surface area contributed by atoms with Crippen molar-refractivity contribution in [2.45, 2.75) is 13.0 Å². The summed E-state index contributed by atoms with van der Waals surface area (Å²) in [5, 5.41) is 11.6. The predicted molar refractivity (Wildman–Crippen MR) is 82.0 cm³/mol. The first-order valence-corrected chi connectivity index (χ1v) is 7.27. The van der Waals surface area contributed by atoms with E-state index in [9.17, 15) is 9.59 Å². The lowest BCUT2D eigenvalue weighted by molar-refractivity contribution is -0.128. The van der Waals surface area contributed by atoms with Gasteiger partial charge in [-0.05, 0) is 30.3 Å². The van der Waals surface area contributed by atoms with Gasteiger partial charge in [0.2, 0.25) is 11.8 Å². The van der Waals surface area contributed by atoms with E-state index < -0.39 is 5.92 Å². The van der Waals surface area contributed by atoms with Gasteiger partial charge in [-0.1, -0.05) is 6.07 Å². The van der Waals surface area contributed by atoms with Crippen molar-refractivity contribution < 1.29 is 14.0 Å². The lowest BCUT2D eigenvalue weighted by Gasteiger charge is -2.15. The molecule has 2 amide bonds. The Balaban J connectivity index is 1.62. The third-order valence-corrected chi connectivity index (χ3v) is 3.77. The number of amides is 2. The molecular formula is C17H15N3O3. The molecule has 0 aliphatic carbocycles. The van der Waals surface area contributed by atoms with Gasteiger partial charge in [-0.3, -0.25) is 9.59 Å². The summed E-state index contributed by atoms with van der Waals surface area (Å²) in [6, 6.07) is 12.3. The summed E-state index contributed by atoms with van der Waals surface area (Å²) in [4.78, 5) is 26.0. The predicted octanol–water partition coefficient (Wildman–Crippen LogP) is 2.14. The molecule has 2 heterocycles. The van der Waals surface area contributed by atoms with Crippen LogP contribution in [0.3, 0.4) is 0 Å². The minimum Gasteiger partial charge on any atom is -0.467 e. The zero-order valence-corrected chi connectivity index (χ0v) is 12.4. The molecule has 0 radical (unpaired) electrons. The maximum absolute atomic E-state index is 12.3. The molecule has 6 heteroatoms. The van der Waals surface area contributed by atoms with Gasteiger partial charge in [0.25, 0.3) is 0 Å². The molecule has 1 aliphatic heterocycles. The first kappa shape index (κ1) is 14.9. The Kier molecular flexibility index (Phi) is 4.11. The van der Waals surface area contributed by atoms with E-state index in [2.05, 4.69) is 5.32 Å². The highest BCUT2D eigenvalue weighted by molar-refractivity contribution is 5.97. The van der Waals surface area contributed by atoms with Gasteiger partial charge in [-0.2, -0.15) is 5.26 Å². The number of likely N-dealkylation sites (tertiary alicyclic amines) is 1. The number of nitrogens with zero attached hydrogens (tertiary/aromatic N) is 2. The zero-order valence-electron chi connectivity index (χ0n) is 12.4. The minimum atomic E-state index is -0.400. The summed E-state index contributed by atoms with van der Waals surface area (Å²) in [6.45, 7) is 0.739. The third kappa shape index (κ3) is 3.40. The molecule has 1 aromatic carbocycles. The second-order valence-corrected chi connectivity index (χ2v) is 5.44. The fourth-order valence-electron chi connectivity index (χ4n) is 2.60. The van der Waals surface area contributed by atoms with Gasteiger partial charge in [0.15, 0.2) is 0 Å². The molecule has 1 N–H and O–H groups in total. The lowest BCUT2D eigenvalue weighted by atomic mass is 10.1. The molecule has 1 fully saturated rings. The van der Waals surface area contributed by atoms with Crippen molar-refractivity contribution >= 4 is 17.5 Å². The molecule has 6 nitrogen and oxygen atoms in total. The van der Waals surface area contributed by atoms with E-state index >= 15 is 0 Å². The standard InChI is InChI=1S/C17H15N3O3/c18-9-12-3-1-4-14(7-12)19-17(22)13-8-16(21)20(10-13)11-15-5-2-6-23-15/h1-7,13H,8,10-11H2,(H,19,22). The van der Waals surface area contributed by atoms with Crippen molar-refractivity contribution in [3.8, 4) is 6.07 Å². The van der Waals surface area contributed by atoms with E-state index in [4.69, 9.17) is 9.68 Å². The number of hydrogen-bond acceptors (Lipinski definition) is 4. The largest absolute Gasteiger partial charge is 0.467 e. The van der Waals surface area contributed by atoms with Gasteiger partial charge in [0.05, 0.1) is 30.4 Å². The molecule has 23 heavy (non-hydrogen) atoms. The molecule has 1 aromatic heterocycles. The second-order valence-electron chi connectivity index (χ2n) is 5.44. The van der Waals surface area contributed by atoms with E-state index in [0.717, 1.165) is 0 Å². The van der Waals surface area contributed by atoms with E-state index in [1.54, 1.807) is 47.6 Å². The molecule has 0 bridgehead atoms. The van der Waals surface area contributed by atoms with Crippen LogP contribution in [0.4, 0.5) is 5.69 Å². The van der Waals surface area contributed by atoms with Crippen molar-refractivity contribution in [3.05, 3.63) is 54.0 Å². The maximum atomic E-state index is 12.3. The van der Waals surface area contributed by atoms with Gasteiger partial charge in [-0.25, -0.2) is 0 Å². The smallest absolute Gasteiger partial charge is 0.229 e. The van der Waals surface area contributed by atoms with E-state index in [1.807, 2.05) is 6.07 Å². The number of nitrogens with one attached hydrogen (secondary N) is 1. The van der Waals surface area contributed by atoms with Crippen LogP contribution in [0.5, 0.6) is 0 Å². The normalized spacial score (nSPS) is 17.1. The van der Waals surface area contributed by atoms with Gasteiger partial charge in [-0.15, -0.1) is 0 Å². The number of carbonyl (C=O) groups is 2. The van der Waals surface area contributed by atoms with Crippen LogP contribution in [0.25, 0.3) is 0 Å². The summed E-state index contributed by atoms with van der Waals surface area (Å²) >= 11 is 0. The number of hydrogen-bond donors (Lipinski definition) is 1. The third-order valence-electron chi connectivity index (χ3n) is 3.77. The zero-order chi connectivity index (χ0) is 16.2. The molecule has 1 saturated heterocycles. The molecule has 0 saturated carbocycles. The number of carbonyl (C=O) groups excluding carboxylic acids is 2. The fraction of sp³-hybridized carbons (Fsp3) is 0.235. The van der Waals surface area contributed by atoms with E-state index in [0.29, 0.717) is 30.1 Å². The van der Waals surface area contributed by atoms with Crippen LogP contribution in [-0.2, 0) is 16.1 Å².